The molecule has 0 heterocycles. The molecule has 1 amide bonds. The number of amides is 1. The monoisotopic (exact) mass is 351 g/mol. The molecule has 1 aliphatic carbocycles. The summed E-state index contributed by atoms with van der Waals surface area (Å²) in [6.07, 6.45) is 6.53. The topological polar surface area (TPSA) is 78.5 Å². The average Bonchev–Trinajstić information content (AvgIpc) is 2.57. The third kappa shape index (κ3) is 4.15. The Morgan fingerprint density at radius 3 is 2.58 bits per heavy atom. The fraction of sp³-hybridized carbons (Fsp3) is 0.471. The number of anilines is 2. The van der Waals surface area contributed by atoms with Gasteiger partial charge in [-0.1, -0.05) is 12.2 Å². The number of benzene rings is 1. The molecule has 0 bridgehead atoms. The predicted octanol–water partition coefficient (Wildman–Crippen LogP) is 2.66. The number of hydrogen-bond acceptors (Lipinski definition) is 4. The quantitative estimate of drug-likeness (QED) is 0.773. The Morgan fingerprint density at radius 1 is 1.25 bits per heavy atom. The smallest absolute Gasteiger partial charge is 0.242 e. The fourth-order valence-corrected chi connectivity index (χ4v) is 3.54. The zero-order valence-electron chi connectivity index (χ0n) is 14.4. The second kappa shape index (κ2) is 7.81. The Bertz CT molecular complexity index is 727. The van der Waals surface area contributed by atoms with Crippen molar-refractivity contribution < 1.29 is 13.2 Å². The Kier molecular flexibility index (Phi) is 6.01. The number of carbonyl (C=O) groups is 1. The van der Waals surface area contributed by atoms with Gasteiger partial charge in [0.25, 0.3) is 0 Å². The number of rotatable bonds is 6. The lowest BCUT2D eigenvalue weighted by Gasteiger charge is -2.20. The number of allylic oxidation sites excluding steroid dienone is 2. The van der Waals surface area contributed by atoms with Crippen LogP contribution >= 0.6 is 0 Å². The minimum absolute atomic E-state index is 0.0708. The minimum atomic E-state index is -3.55. The van der Waals surface area contributed by atoms with Crippen LogP contribution in [0.2, 0.25) is 0 Å². The van der Waals surface area contributed by atoms with Gasteiger partial charge >= 0.3 is 0 Å². The average molecular weight is 351 g/mol. The minimum Gasteiger partial charge on any atom is -0.384 e. The van der Waals surface area contributed by atoms with E-state index >= 15 is 0 Å². The molecule has 24 heavy (non-hydrogen) atoms. The van der Waals surface area contributed by atoms with Gasteiger partial charge in [-0.05, 0) is 44.4 Å². The van der Waals surface area contributed by atoms with Crippen LogP contribution in [0.4, 0.5) is 11.4 Å². The van der Waals surface area contributed by atoms with Gasteiger partial charge in [-0.25, -0.2) is 12.7 Å². The van der Waals surface area contributed by atoms with Crippen molar-refractivity contribution >= 4 is 27.3 Å². The van der Waals surface area contributed by atoms with Crippen LogP contribution in [0, 0.1) is 5.92 Å². The lowest BCUT2D eigenvalue weighted by atomic mass is 9.93. The molecule has 1 aromatic carbocycles. The van der Waals surface area contributed by atoms with E-state index < -0.39 is 10.0 Å². The highest BCUT2D eigenvalue weighted by Gasteiger charge is 2.22. The fourth-order valence-electron chi connectivity index (χ4n) is 2.61. The number of carbonyl (C=O) groups excluding carboxylic acids is 1. The SMILES string of the molecule is CCNc1ccc(S(=O)(=O)N(C)C)cc1NC(=O)C1CC=CCC1. The first-order valence-electron chi connectivity index (χ1n) is 8.12. The van der Waals surface area contributed by atoms with Crippen molar-refractivity contribution in [2.45, 2.75) is 31.1 Å². The van der Waals surface area contributed by atoms with Gasteiger partial charge in [-0.3, -0.25) is 4.79 Å². The molecule has 0 aliphatic heterocycles. The van der Waals surface area contributed by atoms with Gasteiger partial charge in [-0.15, -0.1) is 0 Å². The molecule has 0 spiro atoms. The molecule has 1 atom stereocenters. The molecule has 2 N–H and O–H groups in total. The van der Waals surface area contributed by atoms with Gasteiger partial charge in [0.15, 0.2) is 0 Å². The van der Waals surface area contributed by atoms with Crippen LogP contribution in [0.5, 0.6) is 0 Å². The zero-order valence-corrected chi connectivity index (χ0v) is 15.2. The van der Waals surface area contributed by atoms with E-state index in [1.165, 1.54) is 20.2 Å². The van der Waals surface area contributed by atoms with Gasteiger partial charge in [0.1, 0.15) is 0 Å². The second-order valence-corrected chi connectivity index (χ2v) is 8.15. The van der Waals surface area contributed by atoms with Crippen molar-refractivity contribution in [1.82, 2.24) is 4.31 Å². The van der Waals surface area contributed by atoms with E-state index in [1.54, 1.807) is 12.1 Å². The molecule has 0 aromatic heterocycles. The van der Waals surface area contributed by atoms with E-state index in [9.17, 15) is 13.2 Å². The van der Waals surface area contributed by atoms with Crippen LogP contribution in [0.3, 0.4) is 0 Å². The molecule has 0 saturated heterocycles. The van der Waals surface area contributed by atoms with Gasteiger partial charge < -0.3 is 10.6 Å². The number of hydrogen-bond donors (Lipinski definition) is 2. The summed E-state index contributed by atoms with van der Waals surface area (Å²) >= 11 is 0. The normalized spacial score (nSPS) is 17.8. The molecule has 2 rings (SSSR count). The predicted molar refractivity (Wildman–Crippen MR) is 96.6 cm³/mol. The van der Waals surface area contributed by atoms with Crippen molar-refractivity contribution in [3.8, 4) is 0 Å². The van der Waals surface area contributed by atoms with Gasteiger partial charge in [0.2, 0.25) is 15.9 Å². The van der Waals surface area contributed by atoms with E-state index in [0.29, 0.717) is 12.2 Å². The summed E-state index contributed by atoms with van der Waals surface area (Å²) in [6, 6.07) is 4.76. The van der Waals surface area contributed by atoms with Crippen molar-refractivity contribution in [3.63, 3.8) is 0 Å². The molecule has 0 fully saturated rings. The molecule has 0 radical (unpaired) electrons. The third-order valence-corrected chi connectivity index (χ3v) is 5.85. The first-order valence-corrected chi connectivity index (χ1v) is 9.56. The maximum atomic E-state index is 12.5. The Balaban J connectivity index is 2.31. The Morgan fingerprint density at radius 2 is 2.00 bits per heavy atom. The zero-order chi connectivity index (χ0) is 17.7. The van der Waals surface area contributed by atoms with E-state index in [-0.39, 0.29) is 16.7 Å². The highest BCUT2D eigenvalue weighted by Crippen LogP contribution is 2.28. The van der Waals surface area contributed by atoms with Crippen LogP contribution < -0.4 is 10.6 Å². The molecular formula is C17H25N3O3S. The molecule has 7 heteroatoms. The summed E-state index contributed by atoms with van der Waals surface area (Å²) in [4.78, 5) is 12.6. The summed E-state index contributed by atoms with van der Waals surface area (Å²) in [6.45, 7) is 2.62. The maximum absolute atomic E-state index is 12.5. The molecule has 6 nitrogen and oxygen atoms in total. The summed E-state index contributed by atoms with van der Waals surface area (Å²) in [5, 5.41) is 6.05. The van der Waals surface area contributed by atoms with Crippen molar-refractivity contribution in [1.29, 1.82) is 0 Å². The van der Waals surface area contributed by atoms with E-state index in [0.717, 1.165) is 29.3 Å². The maximum Gasteiger partial charge on any atom is 0.242 e. The van der Waals surface area contributed by atoms with E-state index in [1.807, 2.05) is 13.0 Å². The standard InChI is InChI=1S/C17H25N3O3S/c1-4-18-15-11-10-14(24(22,23)20(2)3)12-16(15)19-17(21)13-8-6-5-7-9-13/h5-6,10-13,18H,4,7-9H2,1-3H3,(H,19,21). The molecule has 1 unspecified atom stereocenters. The first-order chi connectivity index (χ1) is 11.4. The third-order valence-electron chi connectivity index (χ3n) is 4.03. The summed E-state index contributed by atoms with van der Waals surface area (Å²) in [7, 11) is -0.576. The Labute approximate surface area is 144 Å². The summed E-state index contributed by atoms with van der Waals surface area (Å²) in [5.41, 5.74) is 1.22. The highest BCUT2D eigenvalue weighted by atomic mass is 32.2. The lowest BCUT2D eigenvalue weighted by molar-refractivity contribution is -0.120. The van der Waals surface area contributed by atoms with Gasteiger partial charge in [-0.2, -0.15) is 0 Å². The molecule has 0 saturated carbocycles. The summed E-state index contributed by atoms with van der Waals surface area (Å²) < 4.78 is 25.8. The number of nitrogens with zero attached hydrogens (tertiary/aromatic N) is 1. The van der Waals surface area contributed by atoms with Crippen LogP contribution in [0.1, 0.15) is 26.2 Å². The van der Waals surface area contributed by atoms with Crippen molar-refractivity contribution in [2.24, 2.45) is 5.92 Å². The van der Waals surface area contributed by atoms with Crippen molar-refractivity contribution in [3.05, 3.63) is 30.4 Å². The molecule has 1 aromatic rings. The molecular weight excluding hydrogens is 326 g/mol. The first kappa shape index (κ1) is 18.5. The molecule has 132 valence electrons. The van der Waals surface area contributed by atoms with Crippen LogP contribution in [-0.4, -0.2) is 39.3 Å². The lowest BCUT2D eigenvalue weighted by Crippen LogP contribution is -2.25. The van der Waals surface area contributed by atoms with Crippen LogP contribution in [0.25, 0.3) is 0 Å². The molecule has 1 aliphatic rings. The van der Waals surface area contributed by atoms with Gasteiger partial charge in [0.05, 0.1) is 16.3 Å². The van der Waals surface area contributed by atoms with E-state index in [2.05, 4.69) is 16.7 Å². The van der Waals surface area contributed by atoms with Crippen LogP contribution in [0.15, 0.2) is 35.2 Å². The highest BCUT2D eigenvalue weighted by molar-refractivity contribution is 7.89. The number of sulfonamides is 1. The largest absolute Gasteiger partial charge is 0.384 e. The number of nitrogens with one attached hydrogen (secondary N) is 2. The second-order valence-electron chi connectivity index (χ2n) is 6.00. The Hall–Kier alpha value is -1.86. The van der Waals surface area contributed by atoms with E-state index in [4.69, 9.17) is 0 Å². The summed E-state index contributed by atoms with van der Waals surface area (Å²) in [5.74, 6) is -0.142. The van der Waals surface area contributed by atoms with Crippen molar-refractivity contribution in [2.75, 3.05) is 31.3 Å². The van der Waals surface area contributed by atoms with Gasteiger partial charge in [0, 0.05) is 26.6 Å². The van der Waals surface area contributed by atoms with Crippen LogP contribution in [-0.2, 0) is 14.8 Å².